The van der Waals surface area contributed by atoms with E-state index in [9.17, 15) is 28.8 Å². The first-order chi connectivity index (χ1) is 44.4. The minimum Gasteiger partial charge on any atom is -0.468 e. The molecule has 4 aromatic heterocycles. The third-order valence-electron chi connectivity index (χ3n) is 14.6. The Morgan fingerprint density at radius 1 is 0.667 bits per heavy atom. The van der Waals surface area contributed by atoms with Gasteiger partial charge in [0, 0.05) is 110 Å². The van der Waals surface area contributed by atoms with Crippen LogP contribution in [-0.4, -0.2) is 147 Å². The van der Waals surface area contributed by atoms with E-state index in [2.05, 4.69) is 77.2 Å². The number of nitrogens with two attached hydrogens (primary N) is 1. The summed E-state index contributed by atoms with van der Waals surface area (Å²) >= 11 is 20.9. The van der Waals surface area contributed by atoms with Gasteiger partial charge in [-0.05, 0) is 144 Å². The van der Waals surface area contributed by atoms with E-state index < -0.39 is 5.24 Å². The zero-order valence-corrected chi connectivity index (χ0v) is 55.1. The quantitative estimate of drug-likeness (QED) is 0.0113. The molecule has 492 valence electrons. The fourth-order valence-corrected chi connectivity index (χ4v) is 10.8. The molecule has 2 saturated carbocycles. The molecule has 2 aliphatic carbocycles. The van der Waals surface area contributed by atoms with E-state index in [0.717, 1.165) is 84.3 Å². The van der Waals surface area contributed by atoms with E-state index >= 15 is 0 Å². The predicted molar refractivity (Wildman–Crippen MR) is 374 cm³/mol. The Hall–Kier alpha value is -8.71. The monoisotopic (exact) mass is 1390 g/mol. The lowest BCUT2D eigenvalue weighted by Gasteiger charge is -2.30. The number of nitrogens with one attached hydrogen (secondary N) is 8. The number of methoxy groups -OCH3 is 2. The minimum absolute atomic E-state index is 0. The van der Waals surface area contributed by atoms with Crippen molar-refractivity contribution in [2.24, 2.45) is 0 Å². The number of aromatic amines is 2. The first kappa shape index (κ1) is 73.3. The van der Waals surface area contributed by atoms with Crippen LogP contribution in [-0.2, 0) is 28.7 Å². The van der Waals surface area contributed by atoms with Crippen molar-refractivity contribution in [3.63, 3.8) is 0 Å². The van der Waals surface area contributed by atoms with Crippen molar-refractivity contribution in [1.82, 2.24) is 50.8 Å². The Labute approximate surface area is 564 Å². The smallest absolute Gasteiger partial charge is 0.319 e. The van der Waals surface area contributed by atoms with Gasteiger partial charge in [0.05, 0.1) is 61.1 Å². The summed E-state index contributed by atoms with van der Waals surface area (Å²) in [5.41, 5.74) is 13.3. The Morgan fingerprint density at radius 2 is 1.14 bits per heavy atom. The Kier molecular flexibility index (Phi) is 29.7. The number of esters is 2. The van der Waals surface area contributed by atoms with Crippen LogP contribution in [0.3, 0.4) is 0 Å². The fraction of sp³-hybridized carbons (Fsp3) is 0.313. The van der Waals surface area contributed by atoms with Gasteiger partial charge in [-0.2, -0.15) is 0 Å². The summed E-state index contributed by atoms with van der Waals surface area (Å²) in [6.07, 6.45) is 20.3. The van der Waals surface area contributed by atoms with E-state index in [1.54, 1.807) is 92.1 Å². The van der Waals surface area contributed by atoms with Crippen LogP contribution in [0.15, 0.2) is 146 Å². The molecule has 2 fully saturated rings. The summed E-state index contributed by atoms with van der Waals surface area (Å²) in [5, 5.41) is 21.9. The summed E-state index contributed by atoms with van der Waals surface area (Å²) in [6.45, 7) is 0.836. The number of ether oxygens (including phenoxy) is 2. The fourth-order valence-electron chi connectivity index (χ4n) is 10.2. The molecule has 4 heterocycles. The second-order valence-corrected chi connectivity index (χ2v) is 23.3. The third kappa shape index (κ3) is 23.1. The normalized spacial score (nSPS) is 15.8. The van der Waals surface area contributed by atoms with E-state index in [4.69, 9.17) is 50.5 Å². The molecule has 0 aliphatic heterocycles. The van der Waals surface area contributed by atoms with Gasteiger partial charge in [-0.25, -0.2) is 19.9 Å². The second-order valence-electron chi connectivity index (χ2n) is 21.5. The van der Waals surface area contributed by atoms with Crippen molar-refractivity contribution < 1.29 is 38.2 Å². The van der Waals surface area contributed by atoms with Gasteiger partial charge >= 0.3 is 11.9 Å². The highest BCUT2D eigenvalue weighted by molar-refractivity contribution is 9.09. The van der Waals surface area contributed by atoms with Crippen molar-refractivity contribution in [2.75, 3.05) is 75.0 Å². The van der Waals surface area contributed by atoms with Crippen molar-refractivity contribution >= 4 is 131 Å². The Bertz CT molecular complexity index is 3830. The number of amides is 3. The largest absolute Gasteiger partial charge is 0.468 e. The van der Waals surface area contributed by atoms with Crippen LogP contribution in [0.1, 0.15) is 79.5 Å². The SMILES string of the molecule is C.CNCC(=O)OC.COC(=O)CN(C)C/C=C/C(=O)Nc1ccc(C(=O)N[C@H]2CCC[C@@H](Nc3ncc(Cl)c(-c4c[nH]c5ccccc45)n3)C2)cc1.Nc1ccc(C(=O)N[C@H]2CCC[C@@H](Nc3ncc(Cl)c(-c4c[nH]c5ccccc45)n3)C2)cc1.O=C(Cl)/C=C/CBr. The average Bonchev–Trinajstić information content (AvgIpc) is 1.73. The average molecular weight is 1390 g/mol. The van der Waals surface area contributed by atoms with Crippen LogP contribution in [0, 0.1) is 0 Å². The number of benzene rings is 4. The van der Waals surface area contributed by atoms with Gasteiger partial charge in [-0.15, -0.1) is 0 Å². The lowest BCUT2D eigenvalue weighted by Crippen LogP contribution is -2.42. The molecule has 0 radical (unpaired) electrons. The molecule has 0 unspecified atom stereocenters. The number of nitrogen functional groups attached to an aromatic ring is 1. The second kappa shape index (κ2) is 37.7. The number of anilines is 4. The van der Waals surface area contributed by atoms with Crippen LogP contribution < -0.4 is 37.6 Å². The molecule has 0 spiro atoms. The topological polar surface area (TPSA) is 305 Å². The highest BCUT2D eigenvalue weighted by Gasteiger charge is 2.27. The van der Waals surface area contributed by atoms with Crippen LogP contribution in [0.25, 0.3) is 44.3 Å². The number of carbonyl (C=O) groups excluding carboxylic acids is 6. The number of carbonyl (C=O) groups is 6. The van der Waals surface area contributed by atoms with E-state index in [0.29, 0.717) is 67.7 Å². The number of aromatic nitrogens is 6. The van der Waals surface area contributed by atoms with E-state index in [-0.39, 0.29) is 74.3 Å². The van der Waals surface area contributed by atoms with Crippen molar-refractivity contribution in [3.8, 4) is 22.5 Å². The maximum atomic E-state index is 13.0. The van der Waals surface area contributed by atoms with Gasteiger partial charge in [0.15, 0.2) is 0 Å². The molecule has 8 aromatic rings. The number of hydrogen-bond donors (Lipinski definition) is 9. The molecular formula is C67H78BrCl3N14O8. The number of alkyl halides is 1. The number of nitrogens with zero attached hydrogens (tertiary/aromatic N) is 5. The number of rotatable bonds is 20. The number of H-pyrrole nitrogens is 2. The Morgan fingerprint density at radius 3 is 1.58 bits per heavy atom. The molecule has 4 atom stereocenters. The number of para-hydroxylation sites is 2. The highest BCUT2D eigenvalue weighted by Crippen LogP contribution is 2.35. The molecule has 93 heavy (non-hydrogen) atoms. The molecule has 0 bridgehead atoms. The maximum absolute atomic E-state index is 13.0. The zero-order valence-electron chi connectivity index (χ0n) is 51.2. The van der Waals surface area contributed by atoms with Gasteiger partial charge in [-0.3, -0.25) is 33.7 Å². The van der Waals surface area contributed by atoms with Crippen molar-refractivity contribution in [1.29, 1.82) is 0 Å². The molecule has 2 aliphatic rings. The lowest BCUT2D eigenvalue weighted by molar-refractivity contribution is -0.141. The first-order valence-electron chi connectivity index (χ1n) is 29.6. The highest BCUT2D eigenvalue weighted by atomic mass is 79.9. The van der Waals surface area contributed by atoms with Gasteiger partial charge in [-0.1, -0.05) is 95.1 Å². The van der Waals surface area contributed by atoms with Crippen molar-refractivity contribution in [2.45, 2.75) is 83.0 Å². The summed E-state index contributed by atoms with van der Waals surface area (Å²) in [4.78, 5) is 95.7. The molecule has 26 heteroatoms. The van der Waals surface area contributed by atoms with E-state index in [1.165, 1.54) is 26.4 Å². The van der Waals surface area contributed by atoms with E-state index in [1.807, 2.05) is 60.9 Å². The molecule has 3 amide bonds. The summed E-state index contributed by atoms with van der Waals surface area (Å²) < 4.78 is 8.91. The van der Waals surface area contributed by atoms with Gasteiger partial charge in [0.1, 0.15) is 0 Å². The van der Waals surface area contributed by atoms with Crippen LogP contribution in [0.4, 0.5) is 23.3 Å². The van der Waals surface area contributed by atoms with Gasteiger partial charge < -0.3 is 57.1 Å². The predicted octanol–water partition coefficient (Wildman–Crippen LogP) is 11.8. The zero-order chi connectivity index (χ0) is 65.9. The molecule has 10 rings (SSSR count). The molecule has 4 aromatic carbocycles. The first-order valence-corrected chi connectivity index (χ1v) is 31.8. The molecule has 22 nitrogen and oxygen atoms in total. The number of hydrogen-bond acceptors (Lipinski definition) is 17. The third-order valence-corrected chi connectivity index (χ3v) is 15.7. The number of halogens is 4. The van der Waals surface area contributed by atoms with Crippen LogP contribution in [0.5, 0.6) is 0 Å². The van der Waals surface area contributed by atoms with Gasteiger partial charge in [0.2, 0.25) is 23.0 Å². The summed E-state index contributed by atoms with van der Waals surface area (Å²) in [7, 11) is 6.14. The van der Waals surface area contributed by atoms with Crippen LogP contribution in [0.2, 0.25) is 10.0 Å². The molecule has 10 N–H and O–H groups in total. The van der Waals surface area contributed by atoms with Gasteiger partial charge in [0.25, 0.3) is 11.8 Å². The summed E-state index contributed by atoms with van der Waals surface area (Å²) in [6, 6.07) is 30.1. The number of likely N-dealkylation sites (N-methyl/N-ethyl adjacent to an activating group) is 2. The summed E-state index contributed by atoms with van der Waals surface area (Å²) in [5.74, 6) is -0.0996. The number of fused-ring (bicyclic) bond motifs is 2. The molecular weight excluding hydrogens is 1320 g/mol. The number of allylic oxidation sites excluding steroid dienone is 2. The lowest BCUT2D eigenvalue weighted by atomic mass is 9.91. The standard InChI is InChI=1S/C33H36ClN7O4.C25H25ClN6O.C4H4BrClO.C4H9NO2.CH4/c1-41(20-30(43)45-2)16-6-11-29(42)37-22-14-12-21(13-15-22)32(44)38-23-7-5-8-24(17-23)39-33-36-19-27(34)31(40-33)26-18-35-28-10-4-3-9-25(26)28;26-21-14-29-25(32-23(21)20-13-28-22-7-2-1-6-19(20)22)31-18-5-3-4-17(12-18)30-24(33)15-8-10-16(27)11-9-15;5-3-1-2-4(6)7;1-5-3-4(6)7-2;/h3-4,6,9-15,18-19,23-24,35H,5,7-8,16-17,20H2,1-2H3,(H,37,42)(H,38,44)(H,36,39,40);1-2,6-11,13-14,17-18,28H,3-5,12,27H2,(H,30,33)(H,29,31,32);1-2H,3H2;5H,3H2,1-2H3;1H4/b11-6+;;2-1+;;/t23-,24+;17-,18+;;;/m00.../s1. The minimum atomic E-state index is -0.431. The maximum Gasteiger partial charge on any atom is 0.319 e. The Balaban J connectivity index is 0.000000249. The van der Waals surface area contributed by atoms with Crippen LogP contribution >= 0.6 is 50.7 Å². The molecule has 0 saturated heterocycles. The van der Waals surface area contributed by atoms with Crippen molar-refractivity contribution in [3.05, 3.63) is 167 Å².